The van der Waals surface area contributed by atoms with E-state index >= 15 is 0 Å². The molecule has 0 spiro atoms. The van der Waals surface area contributed by atoms with Crippen LogP contribution in [0.3, 0.4) is 0 Å². The van der Waals surface area contributed by atoms with Crippen LogP contribution in [0.25, 0.3) is 11.1 Å². The molecule has 0 radical (unpaired) electrons. The summed E-state index contributed by atoms with van der Waals surface area (Å²) in [6.45, 7) is -0.362. The van der Waals surface area contributed by atoms with Gasteiger partial charge in [0.2, 0.25) is 0 Å². The van der Waals surface area contributed by atoms with Crippen molar-refractivity contribution in [1.82, 2.24) is 0 Å². The van der Waals surface area contributed by atoms with Crippen LogP contribution in [0.2, 0.25) is 0 Å². The third-order valence-corrected chi connectivity index (χ3v) is 7.57. The van der Waals surface area contributed by atoms with Crippen LogP contribution in [0.4, 0.5) is 27.6 Å². The first-order valence-corrected chi connectivity index (χ1v) is 12.4. The van der Waals surface area contributed by atoms with Gasteiger partial charge in [-0.2, -0.15) is 18.4 Å². The molecular formula is C25H19F5N2O4S. The van der Waals surface area contributed by atoms with Crippen LogP contribution in [0, 0.1) is 23.0 Å². The molecule has 1 N–H and O–H groups in total. The van der Waals surface area contributed by atoms with Crippen LogP contribution < -0.4 is 9.04 Å². The maximum Gasteiger partial charge on any atom is 0.416 e. The van der Waals surface area contributed by atoms with Gasteiger partial charge in [-0.1, -0.05) is 12.1 Å². The van der Waals surface area contributed by atoms with E-state index in [2.05, 4.69) is 0 Å². The molecule has 1 unspecified atom stereocenters. The van der Waals surface area contributed by atoms with E-state index < -0.39 is 50.5 Å². The van der Waals surface area contributed by atoms with Gasteiger partial charge in [-0.3, -0.25) is 4.31 Å². The van der Waals surface area contributed by atoms with E-state index in [0.717, 1.165) is 40.7 Å². The van der Waals surface area contributed by atoms with Gasteiger partial charge in [0.1, 0.15) is 29.6 Å². The standard InChI is InChI=1S/C25H19F5N2O4S/c26-17-5-8-22(27)21(12-17)15-4-9-24-23(10-15)32(14-19(36-24)7-6-18(33)13-31)37(34,35)20-3-1-2-16(11-20)25(28,29)30/h1-5,8-12,18-19,33H,6-7,14H2/t18?,19-/m0/s1. The number of fused-ring (bicyclic) bond motifs is 1. The van der Waals surface area contributed by atoms with E-state index in [9.17, 15) is 35.5 Å². The molecule has 1 aliphatic rings. The Hall–Kier alpha value is -3.69. The summed E-state index contributed by atoms with van der Waals surface area (Å²) in [5.74, 6) is -1.47. The highest BCUT2D eigenvalue weighted by atomic mass is 32.2. The Morgan fingerprint density at radius 2 is 1.86 bits per heavy atom. The van der Waals surface area contributed by atoms with Gasteiger partial charge in [-0.05, 0) is 66.9 Å². The number of halogens is 5. The van der Waals surface area contributed by atoms with E-state index in [1.54, 1.807) is 6.07 Å². The molecule has 6 nitrogen and oxygen atoms in total. The minimum Gasteiger partial charge on any atom is -0.486 e. The molecule has 0 bridgehead atoms. The molecule has 0 amide bonds. The number of hydrogen-bond acceptors (Lipinski definition) is 5. The van der Waals surface area contributed by atoms with Gasteiger partial charge in [0, 0.05) is 5.56 Å². The monoisotopic (exact) mass is 538 g/mol. The number of nitriles is 1. The average Bonchev–Trinajstić information content (AvgIpc) is 2.87. The second-order valence-corrected chi connectivity index (χ2v) is 10.2. The SMILES string of the molecule is N#CC(O)CC[C@H]1CN(S(=O)(=O)c2cccc(C(F)(F)F)c2)c2cc(-c3cc(F)ccc3F)ccc2O1. The normalized spacial score (nSPS) is 16.5. The lowest BCUT2D eigenvalue weighted by Gasteiger charge is -2.36. The summed E-state index contributed by atoms with van der Waals surface area (Å²) < 4.78 is 102. The Kier molecular flexibility index (Phi) is 7.12. The molecule has 37 heavy (non-hydrogen) atoms. The van der Waals surface area contributed by atoms with E-state index in [4.69, 9.17) is 10.00 Å². The molecule has 3 aromatic rings. The van der Waals surface area contributed by atoms with Gasteiger partial charge >= 0.3 is 6.18 Å². The predicted octanol–water partition coefficient (Wildman–Crippen LogP) is 5.27. The van der Waals surface area contributed by atoms with Crippen LogP contribution in [0.15, 0.2) is 65.6 Å². The third-order valence-electron chi connectivity index (χ3n) is 5.79. The molecule has 194 valence electrons. The first-order valence-electron chi connectivity index (χ1n) is 10.9. The van der Waals surface area contributed by atoms with E-state index in [-0.39, 0.29) is 42.0 Å². The van der Waals surface area contributed by atoms with E-state index in [1.807, 2.05) is 0 Å². The Morgan fingerprint density at radius 3 is 2.57 bits per heavy atom. The summed E-state index contributed by atoms with van der Waals surface area (Å²) in [5.41, 5.74) is -1.29. The lowest BCUT2D eigenvalue weighted by Crippen LogP contribution is -2.43. The summed E-state index contributed by atoms with van der Waals surface area (Å²) >= 11 is 0. The van der Waals surface area contributed by atoms with Gasteiger partial charge < -0.3 is 9.84 Å². The fraction of sp³-hybridized carbons (Fsp3) is 0.240. The van der Waals surface area contributed by atoms with Crippen molar-refractivity contribution in [2.75, 3.05) is 10.8 Å². The summed E-state index contributed by atoms with van der Waals surface area (Å²) in [6, 6.07) is 11.6. The first kappa shape index (κ1) is 26.4. The number of alkyl halides is 3. The molecule has 12 heteroatoms. The lowest BCUT2D eigenvalue weighted by atomic mass is 10.0. The van der Waals surface area contributed by atoms with Crippen molar-refractivity contribution < 1.29 is 40.2 Å². The Bertz CT molecular complexity index is 1470. The molecule has 0 saturated heterocycles. The van der Waals surface area contributed by atoms with Crippen molar-refractivity contribution in [3.63, 3.8) is 0 Å². The maximum atomic E-state index is 14.4. The van der Waals surface area contributed by atoms with Crippen LogP contribution >= 0.6 is 0 Å². The maximum absolute atomic E-state index is 14.4. The smallest absolute Gasteiger partial charge is 0.416 e. The Morgan fingerprint density at radius 1 is 1.11 bits per heavy atom. The first-order chi connectivity index (χ1) is 17.4. The highest BCUT2D eigenvalue weighted by Crippen LogP contribution is 2.41. The molecule has 0 aromatic heterocycles. The number of hydrogen-bond donors (Lipinski definition) is 1. The zero-order valence-corrected chi connectivity index (χ0v) is 19.7. The molecule has 1 aliphatic heterocycles. The third kappa shape index (κ3) is 5.52. The van der Waals surface area contributed by atoms with Crippen molar-refractivity contribution >= 4 is 15.7 Å². The van der Waals surface area contributed by atoms with Gasteiger partial charge in [-0.15, -0.1) is 0 Å². The van der Waals surface area contributed by atoms with Crippen molar-refractivity contribution in [2.45, 2.75) is 36.1 Å². The molecule has 1 heterocycles. The van der Waals surface area contributed by atoms with Gasteiger partial charge in [0.15, 0.2) is 0 Å². The van der Waals surface area contributed by atoms with Crippen LogP contribution in [-0.2, 0) is 16.2 Å². The Labute approximate surface area is 209 Å². The number of anilines is 1. The zero-order chi connectivity index (χ0) is 27.0. The van der Waals surface area contributed by atoms with Crippen molar-refractivity contribution in [3.05, 3.63) is 77.9 Å². The fourth-order valence-electron chi connectivity index (χ4n) is 3.94. The van der Waals surface area contributed by atoms with Crippen molar-refractivity contribution in [1.29, 1.82) is 5.26 Å². The molecular weight excluding hydrogens is 519 g/mol. The van der Waals surface area contributed by atoms with Crippen LogP contribution in [-0.4, -0.2) is 32.3 Å². The Balaban J connectivity index is 1.82. The molecule has 2 atom stereocenters. The summed E-state index contributed by atoms with van der Waals surface area (Å²) in [6.07, 6.45) is -6.94. The summed E-state index contributed by atoms with van der Waals surface area (Å²) in [4.78, 5) is -0.631. The van der Waals surface area contributed by atoms with Gasteiger partial charge in [0.05, 0.1) is 28.8 Å². The minimum atomic E-state index is -4.79. The summed E-state index contributed by atoms with van der Waals surface area (Å²) in [7, 11) is -4.59. The number of benzene rings is 3. The van der Waals surface area contributed by atoms with Crippen molar-refractivity contribution in [2.24, 2.45) is 0 Å². The predicted molar refractivity (Wildman–Crippen MR) is 123 cm³/mol. The molecule has 0 fully saturated rings. The number of aliphatic hydroxyl groups excluding tert-OH is 1. The average molecular weight is 538 g/mol. The number of aliphatic hydroxyl groups is 1. The highest BCUT2D eigenvalue weighted by molar-refractivity contribution is 7.92. The van der Waals surface area contributed by atoms with Gasteiger partial charge in [-0.25, -0.2) is 17.2 Å². The quantitative estimate of drug-likeness (QED) is 0.341. The van der Waals surface area contributed by atoms with Gasteiger partial charge in [0.25, 0.3) is 10.0 Å². The lowest BCUT2D eigenvalue weighted by molar-refractivity contribution is -0.137. The number of nitrogens with zero attached hydrogens (tertiary/aromatic N) is 2. The van der Waals surface area contributed by atoms with Crippen LogP contribution in [0.5, 0.6) is 5.75 Å². The molecule has 4 rings (SSSR count). The number of sulfonamides is 1. The fourth-order valence-corrected chi connectivity index (χ4v) is 5.49. The highest BCUT2D eigenvalue weighted by Gasteiger charge is 2.37. The summed E-state index contributed by atoms with van der Waals surface area (Å²) in [5, 5.41) is 18.4. The minimum absolute atomic E-state index is 0.0267. The number of rotatable bonds is 6. The number of ether oxygens (including phenoxy) is 1. The second-order valence-electron chi connectivity index (χ2n) is 8.33. The zero-order valence-electron chi connectivity index (χ0n) is 18.9. The molecule has 3 aromatic carbocycles. The largest absolute Gasteiger partial charge is 0.486 e. The molecule has 0 saturated carbocycles. The van der Waals surface area contributed by atoms with Crippen molar-refractivity contribution in [3.8, 4) is 22.9 Å². The van der Waals surface area contributed by atoms with E-state index in [0.29, 0.717) is 6.07 Å². The van der Waals surface area contributed by atoms with E-state index in [1.165, 1.54) is 18.2 Å². The molecule has 0 aliphatic carbocycles. The second kappa shape index (κ2) is 9.99. The van der Waals surface area contributed by atoms with Crippen LogP contribution in [0.1, 0.15) is 18.4 Å². The topological polar surface area (TPSA) is 90.6 Å².